The van der Waals surface area contributed by atoms with Crippen LogP contribution in [0, 0.1) is 5.92 Å². The number of aliphatic hydroxyl groups is 15. The first-order valence-electron chi connectivity index (χ1n) is 35.6. The van der Waals surface area contributed by atoms with Crippen LogP contribution in [0.5, 0.6) is 0 Å². The molecule has 0 aliphatic rings. The van der Waals surface area contributed by atoms with Crippen molar-refractivity contribution < 1.29 is 164 Å². The van der Waals surface area contributed by atoms with Gasteiger partial charge in [0, 0.05) is 87.5 Å². The predicted molar refractivity (Wildman–Crippen MR) is 392 cm³/mol. The third-order valence-corrected chi connectivity index (χ3v) is 17.8. The summed E-state index contributed by atoms with van der Waals surface area (Å²) in [5.41, 5.74) is 5.38. The van der Waals surface area contributed by atoms with E-state index in [4.69, 9.17) is 10.8 Å². The molecule has 32 N–H and O–H groups in total. The van der Waals surface area contributed by atoms with Gasteiger partial charge < -0.3 is 156 Å². The van der Waals surface area contributed by atoms with E-state index in [2.05, 4.69) is 80.4 Å². The first-order valence-corrected chi connectivity index (χ1v) is 36.2. The monoisotopic (exact) mass is 1680 g/mol. The van der Waals surface area contributed by atoms with Gasteiger partial charge in [-0.15, -0.1) is 0 Å². The van der Waals surface area contributed by atoms with E-state index in [1.54, 1.807) is 0 Å². The van der Waals surface area contributed by atoms with Crippen LogP contribution in [-0.4, -0.2) is 354 Å². The lowest BCUT2D eigenvalue weighted by Crippen LogP contribution is -2.58. The molecule has 3 rings (SSSR count). The Balaban J connectivity index is 2.05. The summed E-state index contributed by atoms with van der Waals surface area (Å²) < 4.78 is 0. The third-order valence-electron chi connectivity index (χ3n) is 17.4. The van der Waals surface area contributed by atoms with Gasteiger partial charge in [0.05, 0.1) is 62.6 Å². The molecule has 9 amide bonds. The summed E-state index contributed by atoms with van der Waals surface area (Å²) in [7, 11) is 0. The quantitative estimate of drug-likeness (QED) is 0.0233. The second-order valence-corrected chi connectivity index (χ2v) is 26.7. The van der Waals surface area contributed by atoms with Gasteiger partial charge >= 0.3 is 23.9 Å². The number of fused-ring (bicyclic) bond motifs is 1. The van der Waals surface area contributed by atoms with E-state index in [9.17, 15) is 164 Å². The lowest BCUT2D eigenvalue weighted by atomic mass is 9.91. The summed E-state index contributed by atoms with van der Waals surface area (Å²) in [5, 5.41) is 211. The first kappa shape index (κ1) is 99.8. The Morgan fingerprint density at radius 2 is 0.819 bits per heavy atom. The molecular weight excluding hydrogens is 1580 g/mol. The van der Waals surface area contributed by atoms with Crippen LogP contribution < -0.4 is 64.5 Å². The van der Waals surface area contributed by atoms with Crippen LogP contribution in [0.4, 0.5) is 11.6 Å². The van der Waals surface area contributed by atoms with Crippen molar-refractivity contribution in [1.82, 2.24) is 67.8 Å². The molecule has 0 aliphatic carbocycles. The van der Waals surface area contributed by atoms with Crippen molar-refractivity contribution in [3.05, 3.63) is 52.1 Å². The number of carboxylic acid groups (broad SMARTS) is 4. The number of anilines is 2. The number of aliphatic carboxylic acids is 4. The van der Waals surface area contributed by atoms with E-state index in [1.807, 2.05) is 5.32 Å². The number of nitrogens with one attached hydrogen (secondary N) is 11. The Bertz CT molecular complexity index is 3870. The largest absolute Gasteiger partial charge is 0.481 e. The van der Waals surface area contributed by atoms with Gasteiger partial charge in [-0.1, -0.05) is 0 Å². The number of carbonyl (C=O) groups is 14. The van der Waals surface area contributed by atoms with Gasteiger partial charge in [-0.05, 0) is 62.8 Å². The second-order valence-electron chi connectivity index (χ2n) is 26.4. The van der Waals surface area contributed by atoms with Crippen LogP contribution in [0.3, 0.4) is 0 Å². The molecule has 0 spiro atoms. The number of hydrogen-bond acceptors (Lipinski definition) is 36. The van der Waals surface area contributed by atoms with Gasteiger partial charge in [-0.25, -0.2) is 19.6 Å². The average molecular weight is 1680 g/mol. The molecule has 0 saturated carbocycles. The van der Waals surface area contributed by atoms with E-state index in [0.29, 0.717) is 5.69 Å². The standard InChI is InChI=1S/C66H99N15O34S/c67-66-80-57-50(63(111)81-66)73-30(19-72-57)18-68-29-4-1-27(2-5-29)58(106)78-35(64(112)113)9-14-47(95)74-31(6-11-44(92)69-20-38(86)51(100)54(103)41(89)23-82)37(85)17-28(3-15-48(96)97)59(107)75-32(7-12-45(93)70-21-39(87)52(101)55(104)42(90)24-83)60(108)77-34(10-16-49(98)99)61(109)76-33(62(110)79-36(26-116)65(114)115)8-13-46(94)71-22-40(88)53(102)56(105)43(91)25-84/h1-2,4-5,19,28,31-36,38-43,51-56,68,82-84,86-91,100-105,116H,3,6-18,20-26H2,(H,69,92)(H,70,93)(H,71,94)(H,74,95)(H,75,107)(H,76,109)(H,77,108)(H,78,106)(H,79,110)(H,96,97)(H,98,99)(H,112,113)(H,114,115)(H3,67,72,80,81,111)/t28-,31-,32-,33-,34+,35+,36+,38-,39-,40-,41+,42+,43+,51+,52+,53+,54+,55+,56+/m0/s1. The molecule has 3 aromatic rings. The highest BCUT2D eigenvalue weighted by atomic mass is 32.1. The van der Waals surface area contributed by atoms with Crippen molar-refractivity contribution in [3.63, 3.8) is 0 Å². The van der Waals surface area contributed by atoms with Gasteiger partial charge in [-0.3, -0.25) is 67.3 Å². The molecule has 50 heteroatoms. The summed E-state index contributed by atoms with van der Waals surface area (Å²) in [5.74, 6) is -21.9. The summed E-state index contributed by atoms with van der Waals surface area (Å²) in [6, 6.07) is -6.58. The molecule has 0 bridgehead atoms. The molecule has 0 radical (unpaired) electrons. The number of benzene rings is 1. The number of ketones is 1. The maximum absolute atomic E-state index is 14.7. The molecule has 0 aliphatic heterocycles. The highest BCUT2D eigenvalue weighted by molar-refractivity contribution is 7.80. The van der Waals surface area contributed by atoms with Crippen molar-refractivity contribution >= 4 is 118 Å². The zero-order valence-electron chi connectivity index (χ0n) is 61.7. The number of hydrogen-bond donors (Lipinski definition) is 32. The molecule has 49 nitrogen and oxygen atoms in total. The minimum Gasteiger partial charge on any atom is -0.481 e. The first-order chi connectivity index (χ1) is 54.5. The lowest BCUT2D eigenvalue weighted by molar-refractivity contribution is -0.142. The maximum atomic E-state index is 14.7. The van der Waals surface area contributed by atoms with Gasteiger partial charge in [0.15, 0.2) is 16.9 Å². The van der Waals surface area contributed by atoms with Crippen LogP contribution in [0.1, 0.15) is 99.5 Å². The zero-order valence-corrected chi connectivity index (χ0v) is 62.6. The van der Waals surface area contributed by atoms with Gasteiger partial charge in [0.1, 0.15) is 85.1 Å². The fourth-order valence-corrected chi connectivity index (χ4v) is 10.8. The Kier molecular flexibility index (Phi) is 43.1. The molecule has 648 valence electrons. The SMILES string of the molecule is Nc1nc2ncc(CNc3ccc(C(=O)N[C@H](CCC(=O)N[C@@H](CCC(=O)NC[C@H](O)[C@@H](O)[C@H](O)[C@H](O)CO)C(=O)C[C@H](CCC(=O)O)C(=O)N[C@@H](CCC(=O)NC[C@H](O)[C@@H](O)[C@H](O)[C@H](O)CO)C(=O)N[C@H](CCC(=O)O)C(=O)N[C@@H](CCC(=O)NC[C@H](O)[C@@H](O)[C@H](O)[C@H](O)CO)C(=O)N[C@H](CS)C(=O)O)C(=O)O)cc3)nc2c(=O)[nH]1. The van der Waals surface area contributed by atoms with E-state index >= 15 is 0 Å². The normalized spacial score (nSPS) is 16.3. The molecule has 2 aromatic heterocycles. The maximum Gasteiger partial charge on any atom is 0.327 e. The lowest BCUT2D eigenvalue weighted by Gasteiger charge is -2.27. The Morgan fingerprint density at radius 1 is 0.440 bits per heavy atom. The summed E-state index contributed by atoms with van der Waals surface area (Å²) >= 11 is 3.87. The molecule has 0 fully saturated rings. The van der Waals surface area contributed by atoms with Crippen LogP contribution >= 0.6 is 12.6 Å². The summed E-state index contributed by atoms with van der Waals surface area (Å²) in [4.78, 5) is 214. The Labute approximate surface area is 661 Å². The number of aliphatic hydroxyl groups excluding tert-OH is 15. The molecule has 1 aromatic carbocycles. The molecule has 116 heavy (non-hydrogen) atoms. The highest BCUT2D eigenvalue weighted by Gasteiger charge is 2.38. The molecule has 0 unspecified atom stereocenters. The molecule has 19 atom stereocenters. The molecule has 2 heterocycles. The average Bonchev–Trinajstić information content (AvgIpc) is 0.810. The molecule has 0 saturated heterocycles. The number of rotatable bonds is 56. The van der Waals surface area contributed by atoms with Crippen LogP contribution in [-0.2, 0) is 68.9 Å². The van der Waals surface area contributed by atoms with Gasteiger partial charge in [0.2, 0.25) is 53.2 Å². The summed E-state index contributed by atoms with van der Waals surface area (Å²) in [6.07, 6.45) is -35.4. The number of amides is 9. The number of thiol groups is 1. The number of aromatic amines is 1. The van der Waals surface area contributed by atoms with Crippen molar-refractivity contribution in [1.29, 1.82) is 0 Å². The number of Topliss-reactive ketones (excluding diaryl/α,β-unsaturated/α-hetero) is 1. The molecular formula is C66H99N15O34S. The second kappa shape index (κ2) is 50.1. The third kappa shape index (κ3) is 34.2. The number of carboxylic acids is 4. The Morgan fingerprint density at radius 3 is 1.23 bits per heavy atom. The number of aromatic nitrogens is 4. The topological polar surface area (TPSA) is 841 Å². The smallest absolute Gasteiger partial charge is 0.327 e. The van der Waals surface area contributed by atoms with E-state index in [1.165, 1.54) is 30.5 Å². The number of nitrogens with two attached hydrogens (primary N) is 1. The number of nitrogens with zero attached hydrogens (tertiary/aromatic N) is 3. The van der Waals surface area contributed by atoms with Crippen molar-refractivity contribution in [3.8, 4) is 0 Å². The van der Waals surface area contributed by atoms with Crippen molar-refractivity contribution in [2.75, 3.05) is 56.3 Å². The van der Waals surface area contributed by atoms with Crippen LogP contribution in [0.15, 0.2) is 35.3 Å². The predicted octanol–water partition coefficient (Wildman–Crippen LogP) is -13.4. The zero-order chi connectivity index (χ0) is 87.4. The van der Waals surface area contributed by atoms with E-state index in [0.717, 1.165) is 0 Å². The fourth-order valence-electron chi connectivity index (χ4n) is 10.5. The Hall–Kier alpha value is -10.4. The van der Waals surface area contributed by atoms with Gasteiger partial charge in [0.25, 0.3) is 11.5 Å². The van der Waals surface area contributed by atoms with Crippen LogP contribution in [0.25, 0.3) is 11.2 Å². The number of H-pyrrole nitrogens is 1. The van der Waals surface area contributed by atoms with E-state index in [-0.39, 0.29) is 34.9 Å². The summed E-state index contributed by atoms with van der Waals surface area (Å²) in [6.45, 7) is -5.92. The minimum atomic E-state index is -2.23. The van der Waals surface area contributed by atoms with Gasteiger partial charge in [-0.2, -0.15) is 17.6 Å². The van der Waals surface area contributed by atoms with Crippen molar-refractivity contribution in [2.45, 2.75) is 200 Å². The van der Waals surface area contributed by atoms with E-state index < -0.39 is 332 Å². The number of nitrogen functional groups attached to an aromatic ring is 1. The minimum absolute atomic E-state index is 0.00570. The fraction of sp³-hybridized carbons (Fsp3) is 0.606. The van der Waals surface area contributed by atoms with Crippen LogP contribution in [0.2, 0.25) is 0 Å². The highest BCUT2D eigenvalue weighted by Crippen LogP contribution is 2.20. The number of carbonyl (C=O) groups excluding carboxylic acids is 10. The van der Waals surface area contributed by atoms with Crippen molar-refractivity contribution in [2.24, 2.45) is 5.92 Å².